The summed E-state index contributed by atoms with van der Waals surface area (Å²) < 4.78 is 21.9. The Bertz CT molecular complexity index is 1030. The molecule has 1 atom stereocenters. The van der Waals surface area contributed by atoms with Crippen LogP contribution in [0.15, 0.2) is 56.9 Å². The van der Waals surface area contributed by atoms with Crippen LogP contribution in [0.4, 0.5) is 0 Å². The second kappa shape index (κ2) is 8.00. The van der Waals surface area contributed by atoms with Crippen molar-refractivity contribution in [2.24, 2.45) is 5.10 Å². The van der Waals surface area contributed by atoms with E-state index in [1.54, 1.807) is 50.9 Å². The SMILES string of the molecule is COc1ccc([C@H]2CC(c3ccsc3)=NN2C(=O)c2ccco2)c(OC)c1OC. The normalized spacial score (nSPS) is 15.9. The smallest absolute Gasteiger partial charge is 0.310 e. The van der Waals surface area contributed by atoms with Gasteiger partial charge >= 0.3 is 5.91 Å². The Hall–Kier alpha value is -3.26. The highest BCUT2D eigenvalue weighted by Gasteiger charge is 2.37. The average Bonchev–Trinajstić information content (AvgIpc) is 3.52. The maximum atomic E-state index is 13.1. The van der Waals surface area contributed by atoms with Gasteiger partial charge < -0.3 is 18.6 Å². The van der Waals surface area contributed by atoms with E-state index in [0.717, 1.165) is 16.8 Å². The number of ether oxygens (including phenoxy) is 3. The molecule has 0 fully saturated rings. The van der Waals surface area contributed by atoms with E-state index in [9.17, 15) is 4.79 Å². The maximum Gasteiger partial charge on any atom is 0.310 e. The number of benzene rings is 1. The lowest BCUT2D eigenvalue weighted by molar-refractivity contribution is 0.0676. The zero-order valence-electron chi connectivity index (χ0n) is 16.2. The third-order valence-electron chi connectivity index (χ3n) is 4.80. The van der Waals surface area contributed by atoms with Crippen LogP contribution in [0.5, 0.6) is 17.2 Å². The minimum atomic E-state index is -0.378. The predicted octanol–water partition coefficient (Wildman–Crippen LogP) is 4.36. The van der Waals surface area contributed by atoms with Crippen molar-refractivity contribution in [3.63, 3.8) is 0 Å². The number of furan rings is 1. The number of nitrogens with zero attached hydrogens (tertiary/aromatic N) is 2. The van der Waals surface area contributed by atoms with E-state index in [4.69, 9.17) is 18.6 Å². The lowest BCUT2D eigenvalue weighted by Crippen LogP contribution is -2.27. The number of carbonyl (C=O) groups excluding carboxylic acids is 1. The molecule has 0 aliphatic carbocycles. The van der Waals surface area contributed by atoms with E-state index in [0.29, 0.717) is 23.7 Å². The van der Waals surface area contributed by atoms with Crippen molar-refractivity contribution in [2.75, 3.05) is 21.3 Å². The summed E-state index contributed by atoms with van der Waals surface area (Å²) in [6.45, 7) is 0. The molecular formula is C21H20N2O5S. The molecule has 1 aromatic carbocycles. The molecule has 0 spiro atoms. The number of rotatable bonds is 6. The predicted molar refractivity (Wildman–Crippen MR) is 109 cm³/mol. The van der Waals surface area contributed by atoms with E-state index >= 15 is 0 Å². The minimum absolute atomic E-state index is 0.227. The summed E-state index contributed by atoms with van der Waals surface area (Å²) in [4.78, 5) is 13.1. The highest BCUT2D eigenvalue weighted by molar-refractivity contribution is 7.08. The van der Waals surface area contributed by atoms with Gasteiger partial charge in [0, 0.05) is 17.5 Å². The van der Waals surface area contributed by atoms with E-state index < -0.39 is 0 Å². The zero-order chi connectivity index (χ0) is 20.4. The maximum absolute atomic E-state index is 13.1. The van der Waals surface area contributed by atoms with Crippen LogP contribution in [0, 0.1) is 0 Å². The van der Waals surface area contributed by atoms with Crippen LogP contribution in [-0.2, 0) is 0 Å². The lowest BCUT2D eigenvalue weighted by atomic mass is 9.98. The molecule has 0 radical (unpaired) electrons. The molecule has 7 nitrogen and oxygen atoms in total. The number of hydrazone groups is 1. The van der Waals surface area contributed by atoms with Crippen molar-refractivity contribution in [1.29, 1.82) is 0 Å². The summed E-state index contributed by atoms with van der Waals surface area (Å²) in [5.74, 6) is 1.44. The van der Waals surface area contributed by atoms with E-state index in [1.165, 1.54) is 11.3 Å². The second-order valence-corrected chi connectivity index (χ2v) is 7.11. The third-order valence-corrected chi connectivity index (χ3v) is 5.48. The van der Waals surface area contributed by atoms with Gasteiger partial charge in [-0.3, -0.25) is 4.79 Å². The van der Waals surface area contributed by atoms with E-state index in [2.05, 4.69) is 5.10 Å². The highest BCUT2D eigenvalue weighted by Crippen LogP contribution is 2.46. The molecule has 0 bridgehead atoms. The van der Waals surface area contributed by atoms with Gasteiger partial charge in [-0.15, -0.1) is 0 Å². The molecule has 0 N–H and O–H groups in total. The first-order valence-corrected chi connectivity index (χ1v) is 9.88. The van der Waals surface area contributed by atoms with Gasteiger partial charge in [-0.05, 0) is 41.1 Å². The summed E-state index contributed by atoms with van der Waals surface area (Å²) in [5.41, 5.74) is 2.60. The molecule has 1 aliphatic rings. The van der Waals surface area contributed by atoms with Crippen molar-refractivity contribution in [1.82, 2.24) is 5.01 Å². The van der Waals surface area contributed by atoms with Crippen molar-refractivity contribution in [3.05, 3.63) is 64.2 Å². The quantitative estimate of drug-likeness (QED) is 0.602. The Labute approximate surface area is 172 Å². The summed E-state index contributed by atoms with van der Waals surface area (Å²) in [6.07, 6.45) is 2.01. The van der Waals surface area contributed by atoms with Crippen LogP contribution >= 0.6 is 11.3 Å². The minimum Gasteiger partial charge on any atom is -0.493 e. The van der Waals surface area contributed by atoms with Crippen LogP contribution in [0.2, 0.25) is 0 Å². The summed E-state index contributed by atoms with van der Waals surface area (Å²) in [7, 11) is 4.68. The van der Waals surface area contributed by atoms with Gasteiger partial charge in [0.05, 0.1) is 39.3 Å². The Kier molecular flexibility index (Phi) is 5.26. The molecule has 150 valence electrons. The first-order valence-electron chi connectivity index (χ1n) is 8.94. The average molecular weight is 412 g/mol. The number of methoxy groups -OCH3 is 3. The molecule has 0 saturated carbocycles. The number of carbonyl (C=O) groups is 1. The number of hydrogen-bond acceptors (Lipinski definition) is 7. The lowest BCUT2D eigenvalue weighted by Gasteiger charge is -2.24. The Balaban J connectivity index is 1.80. The summed E-state index contributed by atoms with van der Waals surface area (Å²) in [6, 6.07) is 8.60. The largest absolute Gasteiger partial charge is 0.493 e. The fourth-order valence-corrected chi connectivity index (χ4v) is 4.11. The fraction of sp³-hybridized carbons (Fsp3) is 0.238. The van der Waals surface area contributed by atoms with Crippen molar-refractivity contribution < 1.29 is 23.4 Å². The molecule has 1 aliphatic heterocycles. The van der Waals surface area contributed by atoms with Gasteiger partial charge in [0.25, 0.3) is 0 Å². The van der Waals surface area contributed by atoms with Gasteiger partial charge in [0.15, 0.2) is 17.3 Å². The van der Waals surface area contributed by atoms with Gasteiger partial charge in [0.1, 0.15) is 0 Å². The van der Waals surface area contributed by atoms with Gasteiger partial charge in [-0.1, -0.05) is 0 Å². The molecule has 1 amide bonds. The van der Waals surface area contributed by atoms with Gasteiger partial charge in [-0.2, -0.15) is 16.4 Å². The zero-order valence-corrected chi connectivity index (χ0v) is 17.1. The van der Waals surface area contributed by atoms with Crippen molar-refractivity contribution in [2.45, 2.75) is 12.5 Å². The van der Waals surface area contributed by atoms with Crippen molar-refractivity contribution >= 4 is 23.0 Å². The third kappa shape index (κ3) is 3.36. The summed E-state index contributed by atoms with van der Waals surface area (Å²) >= 11 is 1.59. The van der Waals surface area contributed by atoms with Gasteiger partial charge in [-0.25, -0.2) is 5.01 Å². The molecular weight excluding hydrogens is 392 g/mol. The Morgan fingerprint density at radius 3 is 2.59 bits per heavy atom. The molecule has 3 aromatic rings. The molecule has 8 heteroatoms. The van der Waals surface area contributed by atoms with Crippen LogP contribution < -0.4 is 14.2 Å². The Morgan fingerprint density at radius 1 is 1.14 bits per heavy atom. The number of thiophene rings is 1. The monoisotopic (exact) mass is 412 g/mol. The topological polar surface area (TPSA) is 73.5 Å². The van der Waals surface area contributed by atoms with Crippen LogP contribution in [0.25, 0.3) is 0 Å². The molecule has 0 unspecified atom stereocenters. The first kappa shape index (κ1) is 19.1. The second-order valence-electron chi connectivity index (χ2n) is 6.33. The number of amides is 1. The highest BCUT2D eigenvalue weighted by atomic mass is 32.1. The Morgan fingerprint density at radius 2 is 1.97 bits per heavy atom. The van der Waals surface area contributed by atoms with Crippen molar-refractivity contribution in [3.8, 4) is 17.2 Å². The van der Waals surface area contributed by atoms with E-state index in [1.807, 2.05) is 22.9 Å². The van der Waals surface area contributed by atoms with Gasteiger partial charge in [0.2, 0.25) is 5.75 Å². The van der Waals surface area contributed by atoms with E-state index in [-0.39, 0.29) is 17.7 Å². The standard InChI is InChI=1S/C21H20N2O5S/c1-25-17-7-6-14(19(26-2)20(17)27-3)16-11-15(13-8-10-29-12-13)22-23(16)21(24)18-5-4-9-28-18/h4-10,12,16H,11H2,1-3H3/t16-/m1/s1. The van der Waals surface area contributed by atoms with Crippen LogP contribution in [0.3, 0.4) is 0 Å². The number of hydrogen-bond donors (Lipinski definition) is 0. The van der Waals surface area contributed by atoms with Crippen LogP contribution in [0.1, 0.15) is 34.1 Å². The van der Waals surface area contributed by atoms with Crippen LogP contribution in [-0.4, -0.2) is 38.0 Å². The molecule has 0 saturated heterocycles. The first-order chi connectivity index (χ1) is 14.2. The summed E-state index contributed by atoms with van der Waals surface area (Å²) in [5, 5.41) is 10.1. The fourth-order valence-electron chi connectivity index (χ4n) is 3.44. The molecule has 29 heavy (non-hydrogen) atoms. The molecule has 4 rings (SSSR count). The molecule has 2 aromatic heterocycles. The molecule has 3 heterocycles.